The van der Waals surface area contributed by atoms with Gasteiger partial charge in [-0.25, -0.2) is 0 Å². The van der Waals surface area contributed by atoms with Crippen LogP contribution in [0.3, 0.4) is 0 Å². The molecule has 2 unspecified atom stereocenters. The Kier molecular flexibility index (Phi) is 11.6. The summed E-state index contributed by atoms with van der Waals surface area (Å²) in [5.74, 6) is 0.606. The minimum Gasteiger partial charge on any atom is -0.392 e. The second-order valence-corrected chi connectivity index (χ2v) is 13.0. The Hall–Kier alpha value is -2.10. The van der Waals surface area contributed by atoms with Crippen LogP contribution in [-0.4, -0.2) is 27.4 Å². The maximum absolute atomic E-state index is 11.4. The molecule has 2 fully saturated rings. The van der Waals surface area contributed by atoms with Gasteiger partial charge >= 0.3 is 0 Å². The van der Waals surface area contributed by atoms with Crippen molar-refractivity contribution in [2.45, 2.75) is 104 Å². The SMILES string of the molecule is CCC1(CC)CCCC2CCCC(CC)(CC)C(O)C2C1O.[Ir].[c-]1ccccc1-c1ccc2c(ccc3ccccc32)n1. The van der Waals surface area contributed by atoms with E-state index in [-0.39, 0.29) is 49.1 Å². The Morgan fingerprint density at radius 2 is 1.33 bits per heavy atom. The first-order valence-electron chi connectivity index (χ1n) is 16.5. The van der Waals surface area contributed by atoms with Crippen LogP contribution in [0.5, 0.6) is 0 Å². The molecule has 3 nitrogen and oxygen atoms in total. The fourth-order valence-electron chi connectivity index (χ4n) is 8.39. The Morgan fingerprint density at radius 3 is 1.91 bits per heavy atom. The van der Waals surface area contributed by atoms with E-state index < -0.39 is 0 Å². The summed E-state index contributed by atoms with van der Waals surface area (Å²) in [6, 6.07) is 28.0. The molecule has 2 aliphatic carbocycles. The third kappa shape index (κ3) is 6.64. The van der Waals surface area contributed by atoms with Gasteiger partial charge in [-0.1, -0.05) is 83.0 Å². The molecule has 0 saturated heterocycles. The van der Waals surface area contributed by atoms with Crippen molar-refractivity contribution in [1.29, 1.82) is 0 Å². The van der Waals surface area contributed by atoms with Crippen molar-refractivity contribution in [3.8, 4) is 11.3 Å². The van der Waals surface area contributed by atoms with Crippen LogP contribution >= 0.6 is 0 Å². The standard InChI is InChI=1S/C20H38O2.C19H12N.Ir/c1-5-19(6-2)13-9-11-15-12-10-14-20(7-3,8-4)18(22)16(15)17(19)21;1-2-7-15(8-3-1)18-13-11-17-16-9-5-4-6-14(16)10-12-19(17)20-18;/h15-18,21-22H,5-14H2,1-4H3;1-7,9-13H;/q;-1;. The molecule has 1 aromatic heterocycles. The largest absolute Gasteiger partial charge is 0.392 e. The molecule has 6 rings (SSSR count). The van der Waals surface area contributed by atoms with Crippen LogP contribution in [0.1, 0.15) is 91.9 Å². The monoisotopic (exact) mass is 757 g/mol. The summed E-state index contributed by atoms with van der Waals surface area (Å²) in [6.45, 7) is 8.90. The summed E-state index contributed by atoms with van der Waals surface area (Å²) in [4.78, 5) is 4.76. The van der Waals surface area contributed by atoms with Gasteiger partial charge in [-0.2, -0.15) is 0 Å². The van der Waals surface area contributed by atoms with E-state index in [0.29, 0.717) is 5.92 Å². The number of nitrogens with zero attached hydrogens (tertiary/aromatic N) is 1. The van der Waals surface area contributed by atoms with E-state index in [0.717, 1.165) is 55.3 Å². The first-order chi connectivity index (χ1) is 20.4. The molecule has 2 atom stereocenters. The topological polar surface area (TPSA) is 53.4 Å². The smallest absolute Gasteiger partial charge is 0.0651 e. The summed E-state index contributed by atoms with van der Waals surface area (Å²) in [5, 5.41) is 26.4. The van der Waals surface area contributed by atoms with Gasteiger partial charge in [0.1, 0.15) is 0 Å². The van der Waals surface area contributed by atoms with Gasteiger partial charge in [0.25, 0.3) is 0 Å². The first-order valence-corrected chi connectivity index (χ1v) is 16.5. The number of pyridine rings is 1. The Labute approximate surface area is 272 Å². The predicted molar refractivity (Wildman–Crippen MR) is 176 cm³/mol. The molecule has 4 heteroatoms. The number of hydrogen-bond acceptors (Lipinski definition) is 3. The Balaban J connectivity index is 0.000000193. The quantitative estimate of drug-likeness (QED) is 0.158. The van der Waals surface area contributed by atoms with Crippen LogP contribution in [0.15, 0.2) is 72.8 Å². The van der Waals surface area contributed by atoms with Gasteiger partial charge in [0, 0.05) is 31.4 Å². The Bertz CT molecular complexity index is 1410. The van der Waals surface area contributed by atoms with E-state index in [4.69, 9.17) is 4.98 Å². The van der Waals surface area contributed by atoms with Crippen molar-refractivity contribution < 1.29 is 30.3 Å². The molecule has 1 radical (unpaired) electrons. The number of hydrogen-bond donors (Lipinski definition) is 2. The normalized spacial score (nSPS) is 24.5. The molecule has 233 valence electrons. The summed E-state index contributed by atoms with van der Waals surface area (Å²) in [6.07, 6.45) is 10.6. The molecule has 2 N–H and O–H groups in total. The fourth-order valence-corrected chi connectivity index (χ4v) is 8.39. The van der Waals surface area contributed by atoms with Crippen molar-refractivity contribution in [1.82, 2.24) is 4.98 Å². The van der Waals surface area contributed by atoms with Crippen molar-refractivity contribution in [2.24, 2.45) is 22.7 Å². The molecule has 0 aliphatic heterocycles. The van der Waals surface area contributed by atoms with Crippen molar-refractivity contribution in [3.63, 3.8) is 0 Å². The van der Waals surface area contributed by atoms with Crippen LogP contribution in [0, 0.1) is 28.7 Å². The molecule has 0 bridgehead atoms. The minimum absolute atomic E-state index is 0. The molecular formula is C39H50IrNO2-. The van der Waals surface area contributed by atoms with Crippen molar-refractivity contribution in [2.75, 3.05) is 0 Å². The molecule has 2 aliphatic rings. The van der Waals surface area contributed by atoms with Gasteiger partial charge < -0.3 is 10.2 Å². The molecule has 2 saturated carbocycles. The van der Waals surface area contributed by atoms with E-state index in [1.165, 1.54) is 41.8 Å². The maximum Gasteiger partial charge on any atom is 0.0651 e. The molecule has 0 amide bonds. The van der Waals surface area contributed by atoms with Gasteiger partial charge in [-0.15, -0.1) is 35.9 Å². The molecule has 43 heavy (non-hydrogen) atoms. The molecule has 4 aromatic rings. The second kappa shape index (κ2) is 14.8. The summed E-state index contributed by atoms with van der Waals surface area (Å²) >= 11 is 0. The van der Waals surface area contributed by atoms with Gasteiger partial charge in [-0.3, -0.25) is 4.98 Å². The van der Waals surface area contributed by atoms with Crippen molar-refractivity contribution in [3.05, 3.63) is 78.9 Å². The number of rotatable bonds is 5. The van der Waals surface area contributed by atoms with E-state index in [1.807, 2.05) is 24.3 Å². The maximum atomic E-state index is 11.4. The predicted octanol–water partition coefficient (Wildman–Crippen LogP) is 9.77. The molecule has 0 spiro atoms. The molecule has 3 aromatic carbocycles. The van der Waals surface area contributed by atoms with Crippen LogP contribution in [0.2, 0.25) is 0 Å². The summed E-state index contributed by atoms with van der Waals surface area (Å²) in [7, 11) is 0. The number of aromatic nitrogens is 1. The van der Waals surface area contributed by atoms with Gasteiger partial charge in [-0.05, 0) is 90.6 Å². The van der Waals surface area contributed by atoms with E-state index in [9.17, 15) is 10.2 Å². The van der Waals surface area contributed by atoms with E-state index >= 15 is 0 Å². The zero-order chi connectivity index (χ0) is 29.7. The number of fused-ring (bicyclic) bond motifs is 4. The number of aliphatic hydroxyl groups is 2. The third-order valence-electron chi connectivity index (χ3n) is 11.4. The average Bonchev–Trinajstić information content (AvgIpc) is 3.28. The van der Waals surface area contributed by atoms with Gasteiger partial charge in [0.2, 0.25) is 0 Å². The van der Waals surface area contributed by atoms with Gasteiger partial charge in [0.15, 0.2) is 0 Å². The third-order valence-corrected chi connectivity index (χ3v) is 11.4. The van der Waals surface area contributed by atoms with Crippen molar-refractivity contribution >= 4 is 21.7 Å². The second-order valence-electron chi connectivity index (χ2n) is 13.0. The van der Waals surface area contributed by atoms with Crippen LogP contribution in [-0.2, 0) is 20.1 Å². The Morgan fingerprint density at radius 1 is 0.721 bits per heavy atom. The van der Waals surface area contributed by atoms with Crippen LogP contribution in [0.4, 0.5) is 0 Å². The van der Waals surface area contributed by atoms with Crippen LogP contribution in [0.25, 0.3) is 32.9 Å². The number of benzene rings is 3. The first kappa shape index (κ1) is 33.8. The zero-order valence-electron chi connectivity index (χ0n) is 26.5. The average molecular weight is 757 g/mol. The van der Waals surface area contributed by atoms with E-state index in [1.54, 1.807) is 0 Å². The summed E-state index contributed by atoms with van der Waals surface area (Å²) < 4.78 is 0. The molecular weight excluding hydrogens is 707 g/mol. The number of aliphatic hydroxyl groups excluding tert-OH is 2. The fraction of sp³-hybridized carbons (Fsp3) is 0.513. The molecule has 1 heterocycles. The minimum atomic E-state index is -0.333. The summed E-state index contributed by atoms with van der Waals surface area (Å²) in [5.41, 5.74) is 3.07. The van der Waals surface area contributed by atoms with E-state index in [2.05, 4.69) is 82.3 Å². The van der Waals surface area contributed by atoms with Gasteiger partial charge in [0.05, 0.1) is 17.7 Å². The zero-order valence-corrected chi connectivity index (χ0v) is 28.9. The van der Waals surface area contributed by atoms with Crippen LogP contribution < -0.4 is 0 Å².